The van der Waals surface area contributed by atoms with Gasteiger partial charge in [-0.25, -0.2) is 0 Å². The summed E-state index contributed by atoms with van der Waals surface area (Å²) in [6.45, 7) is 3.31. The SMILES string of the molecule is CCP(=O)([O-])c1ccccc1.CCP(=O)([O-])c1ccccc1.[Fe+2]. The molecule has 0 fully saturated rings. The number of rotatable bonds is 4. The second kappa shape index (κ2) is 10.3. The molecule has 4 nitrogen and oxygen atoms in total. The van der Waals surface area contributed by atoms with Crippen molar-refractivity contribution in [2.24, 2.45) is 0 Å². The summed E-state index contributed by atoms with van der Waals surface area (Å²) in [4.78, 5) is 22.5. The van der Waals surface area contributed by atoms with E-state index in [-0.39, 0.29) is 29.4 Å². The fourth-order valence-corrected chi connectivity index (χ4v) is 3.66. The minimum Gasteiger partial charge on any atom is -0.796 e. The first-order chi connectivity index (χ1) is 10.3. The molecule has 2 aromatic rings. The molecule has 2 rings (SSSR count). The molecular formula is C16H20FeO4P2. The monoisotopic (exact) mass is 394 g/mol. The fraction of sp³-hybridized carbons (Fsp3) is 0.250. The maximum atomic E-state index is 11.2. The molecule has 0 radical (unpaired) electrons. The summed E-state index contributed by atoms with van der Waals surface area (Å²) in [5.74, 6) is 0. The first kappa shape index (κ1) is 22.3. The van der Waals surface area contributed by atoms with Crippen LogP contribution in [0.3, 0.4) is 0 Å². The van der Waals surface area contributed by atoms with Crippen molar-refractivity contribution in [2.45, 2.75) is 13.8 Å². The van der Waals surface area contributed by atoms with Crippen LogP contribution in [0.15, 0.2) is 60.7 Å². The molecule has 7 heteroatoms. The van der Waals surface area contributed by atoms with Crippen LogP contribution in [0.2, 0.25) is 0 Å². The van der Waals surface area contributed by atoms with Crippen molar-refractivity contribution in [1.29, 1.82) is 0 Å². The maximum absolute atomic E-state index is 11.2. The van der Waals surface area contributed by atoms with E-state index in [0.29, 0.717) is 10.6 Å². The van der Waals surface area contributed by atoms with Crippen LogP contribution < -0.4 is 20.4 Å². The molecule has 2 aromatic carbocycles. The summed E-state index contributed by atoms with van der Waals surface area (Å²) in [5, 5.41) is 0.866. The summed E-state index contributed by atoms with van der Waals surface area (Å²) in [5.41, 5.74) is 0. The molecule has 0 aliphatic rings. The minimum atomic E-state index is -3.28. The van der Waals surface area contributed by atoms with Crippen molar-refractivity contribution in [2.75, 3.05) is 12.3 Å². The van der Waals surface area contributed by atoms with E-state index in [2.05, 4.69) is 0 Å². The van der Waals surface area contributed by atoms with Crippen molar-refractivity contribution in [3.63, 3.8) is 0 Å². The van der Waals surface area contributed by atoms with Gasteiger partial charge in [0, 0.05) is 14.7 Å². The Labute approximate surface area is 148 Å². The van der Waals surface area contributed by atoms with Gasteiger partial charge in [-0.05, 0) is 22.9 Å². The zero-order valence-corrected chi connectivity index (χ0v) is 16.0. The van der Waals surface area contributed by atoms with Crippen LogP contribution in [0.4, 0.5) is 0 Å². The third-order valence-electron chi connectivity index (χ3n) is 3.13. The van der Waals surface area contributed by atoms with Crippen LogP contribution in [0.25, 0.3) is 0 Å². The van der Waals surface area contributed by atoms with E-state index < -0.39 is 14.7 Å². The Kier molecular flexibility index (Phi) is 9.96. The topological polar surface area (TPSA) is 80.3 Å². The van der Waals surface area contributed by atoms with Crippen molar-refractivity contribution < 1.29 is 36.0 Å². The van der Waals surface area contributed by atoms with E-state index >= 15 is 0 Å². The average Bonchev–Trinajstić information content (AvgIpc) is 2.57. The predicted molar refractivity (Wildman–Crippen MR) is 88.4 cm³/mol. The molecule has 2 unspecified atom stereocenters. The summed E-state index contributed by atoms with van der Waals surface area (Å²) < 4.78 is 22.5. The van der Waals surface area contributed by atoms with Crippen LogP contribution >= 0.6 is 14.7 Å². The van der Waals surface area contributed by atoms with Crippen LogP contribution in [0, 0.1) is 0 Å². The smallest absolute Gasteiger partial charge is 0.796 e. The second-order valence-electron chi connectivity index (χ2n) is 4.65. The summed E-state index contributed by atoms with van der Waals surface area (Å²) >= 11 is 0. The van der Waals surface area contributed by atoms with E-state index in [9.17, 15) is 18.9 Å². The molecule has 23 heavy (non-hydrogen) atoms. The van der Waals surface area contributed by atoms with Crippen LogP contribution in [0.5, 0.6) is 0 Å². The first-order valence-electron chi connectivity index (χ1n) is 7.05. The van der Waals surface area contributed by atoms with E-state index in [1.165, 1.54) is 0 Å². The summed E-state index contributed by atoms with van der Waals surface area (Å²) in [6, 6.07) is 17.0. The summed E-state index contributed by atoms with van der Waals surface area (Å²) in [7, 11) is -6.55. The largest absolute Gasteiger partial charge is 2.00 e. The van der Waals surface area contributed by atoms with Crippen molar-refractivity contribution >= 4 is 25.3 Å². The predicted octanol–water partition coefficient (Wildman–Crippen LogP) is 1.94. The van der Waals surface area contributed by atoms with Gasteiger partial charge in [-0.15, -0.1) is 0 Å². The van der Waals surface area contributed by atoms with Gasteiger partial charge >= 0.3 is 17.1 Å². The molecule has 0 aliphatic carbocycles. The Balaban J connectivity index is 0.000000403. The number of hydrogen-bond acceptors (Lipinski definition) is 4. The molecule has 0 bridgehead atoms. The van der Waals surface area contributed by atoms with Gasteiger partial charge in [-0.3, -0.25) is 0 Å². The zero-order valence-electron chi connectivity index (χ0n) is 13.1. The van der Waals surface area contributed by atoms with Gasteiger partial charge in [-0.1, -0.05) is 74.5 Å². The fourth-order valence-electron chi connectivity index (χ4n) is 1.68. The van der Waals surface area contributed by atoms with E-state index in [0.717, 1.165) is 0 Å². The quantitative estimate of drug-likeness (QED) is 0.587. The Morgan fingerprint density at radius 1 is 0.696 bits per heavy atom. The van der Waals surface area contributed by atoms with Crippen LogP contribution in [0.1, 0.15) is 13.8 Å². The molecule has 0 saturated carbocycles. The second-order valence-corrected chi connectivity index (χ2v) is 9.64. The van der Waals surface area contributed by atoms with Gasteiger partial charge in [0.2, 0.25) is 0 Å². The number of benzene rings is 2. The van der Waals surface area contributed by atoms with Gasteiger partial charge in [0.15, 0.2) is 0 Å². The van der Waals surface area contributed by atoms with Gasteiger partial charge in [0.1, 0.15) is 0 Å². The van der Waals surface area contributed by atoms with Crippen LogP contribution in [-0.4, -0.2) is 12.3 Å². The molecule has 2 atom stereocenters. The maximum Gasteiger partial charge on any atom is 2.00 e. The first-order valence-corrected chi connectivity index (χ1v) is 10.7. The van der Waals surface area contributed by atoms with Gasteiger partial charge in [0.05, 0.1) is 0 Å². The zero-order chi connectivity index (χ0) is 16.6. The van der Waals surface area contributed by atoms with E-state index in [4.69, 9.17) is 0 Å². The van der Waals surface area contributed by atoms with E-state index in [1.54, 1.807) is 74.5 Å². The summed E-state index contributed by atoms with van der Waals surface area (Å²) in [6.07, 6.45) is 0.383. The van der Waals surface area contributed by atoms with Gasteiger partial charge in [0.25, 0.3) is 0 Å². The molecule has 0 amide bonds. The Morgan fingerprint density at radius 2 is 0.957 bits per heavy atom. The normalized spacial score (nSPS) is 15.1. The van der Waals surface area contributed by atoms with Crippen molar-refractivity contribution in [3.8, 4) is 0 Å². The third kappa shape index (κ3) is 7.18. The third-order valence-corrected chi connectivity index (χ3v) is 6.97. The molecule has 0 aliphatic heterocycles. The molecule has 0 saturated heterocycles. The Hall–Kier alpha value is -0.661. The molecule has 0 spiro atoms. The van der Waals surface area contributed by atoms with Crippen molar-refractivity contribution in [3.05, 3.63) is 60.7 Å². The van der Waals surface area contributed by atoms with E-state index in [1.807, 2.05) is 0 Å². The molecule has 126 valence electrons. The van der Waals surface area contributed by atoms with Crippen molar-refractivity contribution in [1.82, 2.24) is 0 Å². The molecule has 0 aromatic heterocycles. The van der Waals surface area contributed by atoms with Gasteiger partial charge < -0.3 is 18.9 Å². The Bertz CT molecular complexity index is 603. The Morgan fingerprint density at radius 3 is 1.17 bits per heavy atom. The molecule has 0 N–H and O–H groups in total. The standard InChI is InChI=1S/2C8H11O2P.Fe/c2*1-2-11(9,10)8-6-4-3-5-7-8;/h2*3-7H,2H2,1H3,(H,9,10);/q;;+2/p-2. The number of hydrogen-bond donors (Lipinski definition) is 0. The van der Waals surface area contributed by atoms with Crippen LogP contribution in [-0.2, 0) is 26.2 Å². The van der Waals surface area contributed by atoms with Gasteiger partial charge in [-0.2, -0.15) is 0 Å². The molecule has 0 heterocycles. The minimum absolute atomic E-state index is 0. The molecular weight excluding hydrogens is 374 g/mol. The average molecular weight is 394 g/mol.